The van der Waals surface area contributed by atoms with Gasteiger partial charge in [0.25, 0.3) is 0 Å². The lowest BCUT2D eigenvalue weighted by molar-refractivity contribution is -0.178. The molecule has 0 aromatic rings. The summed E-state index contributed by atoms with van der Waals surface area (Å²) in [4.78, 5) is 22.5. The molecule has 0 spiro atoms. The van der Waals surface area contributed by atoms with Gasteiger partial charge >= 0.3 is 11.9 Å². The first-order valence-corrected chi connectivity index (χ1v) is 7.08. The van der Waals surface area contributed by atoms with Gasteiger partial charge in [-0.2, -0.15) is 0 Å². The van der Waals surface area contributed by atoms with E-state index in [1.54, 1.807) is 20.8 Å². The average Bonchev–Trinajstić information content (AvgIpc) is 2.54. The van der Waals surface area contributed by atoms with Crippen molar-refractivity contribution in [3.05, 3.63) is 0 Å². The van der Waals surface area contributed by atoms with E-state index in [0.717, 1.165) is 0 Å². The van der Waals surface area contributed by atoms with Gasteiger partial charge in [-0.15, -0.1) is 0 Å². The maximum absolute atomic E-state index is 11.6. The summed E-state index contributed by atoms with van der Waals surface area (Å²) in [6.45, 7) is 6.95. The van der Waals surface area contributed by atoms with Crippen molar-refractivity contribution in [1.29, 1.82) is 0 Å². The summed E-state index contributed by atoms with van der Waals surface area (Å²) in [5.41, 5.74) is -0.516. The van der Waals surface area contributed by atoms with Crippen molar-refractivity contribution in [2.24, 2.45) is 5.41 Å². The molecule has 0 saturated carbocycles. The van der Waals surface area contributed by atoms with Crippen molar-refractivity contribution in [2.75, 3.05) is 6.61 Å². The van der Waals surface area contributed by atoms with Crippen molar-refractivity contribution in [3.8, 4) is 0 Å². The van der Waals surface area contributed by atoms with Gasteiger partial charge in [-0.1, -0.05) is 22.6 Å². The summed E-state index contributed by atoms with van der Waals surface area (Å²) >= 11 is 2.17. The van der Waals surface area contributed by atoms with Gasteiger partial charge in [-0.3, -0.25) is 9.59 Å². The molecule has 3 atom stereocenters. The summed E-state index contributed by atoms with van der Waals surface area (Å²) in [5, 5.41) is 0. The maximum Gasteiger partial charge on any atom is 0.311 e. The molecule has 5 nitrogen and oxygen atoms in total. The van der Waals surface area contributed by atoms with Crippen LogP contribution in [-0.4, -0.2) is 34.9 Å². The van der Waals surface area contributed by atoms with Crippen LogP contribution in [0, 0.1) is 5.41 Å². The van der Waals surface area contributed by atoms with Crippen molar-refractivity contribution in [1.82, 2.24) is 0 Å². The summed E-state index contributed by atoms with van der Waals surface area (Å²) < 4.78 is 15.8. The fourth-order valence-electron chi connectivity index (χ4n) is 1.45. The SMILES string of the molecule is CC(=O)O[C@@H]1O[C@H](COC(=O)C(C)(C)C)C[C@H]1I. The summed E-state index contributed by atoms with van der Waals surface area (Å²) in [5.74, 6) is -0.624. The molecule has 1 saturated heterocycles. The average molecular weight is 370 g/mol. The largest absolute Gasteiger partial charge is 0.463 e. The summed E-state index contributed by atoms with van der Waals surface area (Å²) in [6, 6.07) is 0. The van der Waals surface area contributed by atoms with Gasteiger partial charge in [0.1, 0.15) is 6.61 Å². The van der Waals surface area contributed by atoms with Crippen LogP contribution < -0.4 is 0 Å². The van der Waals surface area contributed by atoms with Crippen molar-refractivity contribution < 1.29 is 23.8 Å². The minimum atomic E-state index is -0.540. The highest BCUT2D eigenvalue weighted by Crippen LogP contribution is 2.28. The van der Waals surface area contributed by atoms with Crippen LogP contribution in [0.1, 0.15) is 34.1 Å². The Morgan fingerprint density at radius 1 is 1.39 bits per heavy atom. The first-order valence-electron chi connectivity index (χ1n) is 5.84. The second-order valence-corrected chi connectivity index (χ2v) is 6.94. The van der Waals surface area contributed by atoms with Crippen molar-refractivity contribution in [2.45, 2.75) is 50.4 Å². The number of ether oxygens (including phenoxy) is 3. The molecule has 18 heavy (non-hydrogen) atoms. The van der Waals surface area contributed by atoms with E-state index in [2.05, 4.69) is 22.6 Å². The molecule has 0 unspecified atom stereocenters. The molecule has 0 amide bonds. The zero-order valence-electron chi connectivity index (χ0n) is 11.1. The number of carbonyl (C=O) groups is 2. The molecule has 0 bridgehead atoms. The third-order valence-electron chi connectivity index (χ3n) is 2.40. The predicted octanol–water partition coefficient (Wildman–Crippen LogP) is 2.06. The summed E-state index contributed by atoms with van der Waals surface area (Å²) in [7, 11) is 0. The molecule has 104 valence electrons. The van der Waals surface area contributed by atoms with Crippen LogP contribution in [0.3, 0.4) is 0 Å². The van der Waals surface area contributed by atoms with Crippen LogP contribution >= 0.6 is 22.6 Å². The van der Waals surface area contributed by atoms with E-state index in [-0.39, 0.29) is 28.6 Å². The van der Waals surface area contributed by atoms with E-state index < -0.39 is 11.7 Å². The number of alkyl halides is 1. The number of hydrogen-bond acceptors (Lipinski definition) is 5. The molecular weight excluding hydrogens is 351 g/mol. The number of esters is 2. The lowest BCUT2D eigenvalue weighted by Gasteiger charge is -2.19. The van der Waals surface area contributed by atoms with Crippen molar-refractivity contribution >= 4 is 34.5 Å². The lowest BCUT2D eigenvalue weighted by Crippen LogP contribution is -2.28. The number of hydrogen-bond donors (Lipinski definition) is 0. The van der Waals surface area contributed by atoms with Crippen LogP contribution in [0.5, 0.6) is 0 Å². The van der Waals surface area contributed by atoms with Crippen LogP contribution in [0.4, 0.5) is 0 Å². The Kier molecular flexibility index (Phi) is 5.39. The quantitative estimate of drug-likeness (QED) is 0.432. The van der Waals surface area contributed by atoms with Gasteiger partial charge in [-0.25, -0.2) is 0 Å². The minimum Gasteiger partial charge on any atom is -0.463 e. The second-order valence-electron chi connectivity index (χ2n) is 5.34. The van der Waals surface area contributed by atoms with Crippen molar-refractivity contribution in [3.63, 3.8) is 0 Å². The topological polar surface area (TPSA) is 61.8 Å². The highest BCUT2D eigenvalue weighted by Gasteiger charge is 2.37. The minimum absolute atomic E-state index is 0.0878. The smallest absolute Gasteiger partial charge is 0.311 e. The van der Waals surface area contributed by atoms with Crippen LogP contribution in [0.2, 0.25) is 0 Å². The normalized spacial score (nSPS) is 27.9. The molecule has 0 radical (unpaired) electrons. The van der Waals surface area contributed by atoms with Crippen LogP contribution in [0.15, 0.2) is 0 Å². The fourth-order valence-corrected chi connectivity index (χ4v) is 2.33. The van der Waals surface area contributed by atoms with Gasteiger partial charge in [0.2, 0.25) is 6.29 Å². The number of rotatable bonds is 3. The third-order valence-corrected chi connectivity index (χ3v) is 3.50. The van der Waals surface area contributed by atoms with E-state index in [9.17, 15) is 9.59 Å². The molecule has 1 aliphatic heterocycles. The maximum atomic E-state index is 11.6. The Morgan fingerprint density at radius 2 is 2.00 bits per heavy atom. The Morgan fingerprint density at radius 3 is 2.50 bits per heavy atom. The lowest BCUT2D eigenvalue weighted by atomic mass is 9.97. The molecule has 1 heterocycles. The monoisotopic (exact) mass is 370 g/mol. The van der Waals surface area contributed by atoms with Gasteiger partial charge < -0.3 is 14.2 Å². The highest BCUT2D eigenvalue weighted by molar-refractivity contribution is 14.1. The molecule has 1 rings (SSSR count). The van der Waals surface area contributed by atoms with Gasteiger partial charge in [-0.05, 0) is 27.2 Å². The van der Waals surface area contributed by atoms with Gasteiger partial charge in [0, 0.05) is 6.92 Å². The third kappa shape index (κ3) is 4.72. The molecule has 0 aromatic heterocycles. The van der Waals surface area contributed by atoms with Gasteiger partial charge in [0.05, 0.1) is 15.4 Å². The zero-order chi connectivity index (χ0) is 13.9. The Balaban J connectivity index is 2.38. The van der Waals surface area contributed by atoms with Crippen LogP contribution in [0.25, 0.3) is 0 Å². The first kappa shape index (κ1) is 15.7. The van der Waals surface area contributed by atoms with E-state index in [1.807, 2.05) is 0 Å². The standard InChI is InChI=1S/C12H19IO5/c1-7(14)17-10-9(13)5-8(18-10)6-16-11(15)12(2,3)4/h8-10H,5-6H2,1-4H3/t8-,9+,10+/m0/s1. The van der Waals surface area contributed by atoms with Crippen LogP contribution in [-0.2, 0) is 23.8 Å². The number of halogens is 1. The predicted molar refractivity (Wildman–Crippen MR) is 73.3 cm³/mol. The molecule has 6 heteroatoms. The zero-order valence-corrected chi connectivity index (χ0v) is 13.2. The molecular formula is C12H19IO5. The molecule has 1 fully saturated rings. The molecule has 1 aliphatic rings. The Labute approximate surface area is 121 Å². The number of carbonyl (C=O) groups excluding carboxylic acids is 2. The second kappa shape index (κ2) is 6.18. The summed E-state index contributed by atoms with van der Waals surface area (Å²) in [6.07, 6.45) is -0.0420. The van der Waals surface area contributed by atoms with E-state index in [0.29, 0.717) is 6.42 Å². The first-order chi connectivity index (χ1) is 8.20. The van der Waals surface area contributed by atoms with E-state index >= 15 is 0 Å². The fraction of sp³-hybridized carbons (Fsp3) is 0.833. The van der Waals surface area contributed by atoms with E-state index in [4.69, 9.17) is 14.2 Å². The molecule has 0 aliphatic carbocycles. The molecule has 0 N–H and O–H groups in total. The highest BCUT2D eigenvalue weighted by atomic mass is 127. The Bertz CT molecular complexity index is 323. The van der Waals surface area contributed by atoms with Gasteiger partial charge in [0.15, 0.2) is 0 Å². The van der Waals surface area contributed by atoms with E-state index in [1.165, 1.54) is 6.92 Å². The molecule has 0 aromatic carbocycles. The Hall–Kier alpha value is -0.370.